The summed E-state index contributed by atoms with van der Waals surface area (Å²) in [7, 11) is 4.37. The van der Waals surface area contributed by atoms with E-state index in [0.29, 0.717) is 50.5 Å². The standard InChI is InChI=1S/C46H71NO13/c1-10-13-33-21-27(2)20-28(3)22-38(55-7)42-39(56-8)24-30(5)46(54,60-42)43(51)44(52)47-19-12-11-14-35(47)45(53)59-41(31(6)36(48)25-37(33)49)29(4)23-32-15-17-34(18-16-32)58-26-40(50)57-9/h10,21,23,28,30-36,38-39,41-42,48,54H,1,11-20,22,24-26H2,2-9H3/b27-21+,29-23+/t28-,30+,31+,32-,33+,34-,35-,36-,38-,39-,41+,42+,46+/m0/s1. The van der Waals surface area contributed by atoms with Gasteiger partial charge in [-0.2, -0.15) is 0 Å². The van der Waals surface area contributed by atoms with Crippen LogP contribution in [0.3, 0.4) is 0 Å². The van der Waals surface area contributed by atoms with Crippen LogP contribution < -0.4 is 0 Å². The number of Topliss-reactive ketones (excluding diaryl/α,β-unsaturated/α-hetero) is 2. The summed E-state index contributed by atoms with van der Waals surface area (Å²) in [6, 6.07) is -1.14. The topological polar surface area (TPSA) is 184 Å². The average molecular weight is 846 g/mol. The van der Waals surface area contributed by atoms with Gasteiger partial charge in [0.25, 0.3) is 11.7 Å². The molecule has 11 atom stereocenters. The summed E-state index contributed by atoms with van der Waals surface area (Å²) >= 11 is 0. The van der Waals surface area contributed by atoms with E-state index in [0.717, 1.165) is 18.4 Å². The molecule has 0 aromatic heterocycles. The number of carbonyl (C=O) groups excluding carboxylic acids is 5. The van der Waals surface area contributed by atoms with Crippen molar-refractivity contribution in [3.05, 3.63) is 36.0 Å². The maximum absolute atomic E-state index is 14.4. The largest absolute Gasteiger partial charge is 0.467 e. The van der Waals surface area contributed by atoms with Crippen molar-refractivity contribution >= 4 is 29.4 Å². The van der Waals surface area contributed by atoms with E-state index in [2.05, 4.69) is 6.58 Å². The van der Waals surface area contributed by atoms with Crippen LogP contribution in [0.25, 0.3) is 0 Å². The molecule has 0 spiro atoms. The number of cyclic esters (lactones) is 1. The maximum atomic E-state index is 14.4. The van der Waals surface area contributed by atoms with Crippen LogP contribution in [0.4, 0.5) is 0 Å². The number of esters is 2. The van der Waals surface area contributed by atoms with Crippen molar-refractivity contribution in [1.82, 2.24) is 4.90 Å². The summed E-state index contributed by atoms with van der Waals surface area (Å²) < 4.78 is 34.7. The van der Waals surface area contributed by atoms with Crippen molar-refractivity contribution in [2.75, 3.05) is 34.5 Å². The van der Waals surface area contributed by atoms with Gasteiger partial charge in [0.05, 0.1) is 31.5 Å². The second-order valence-corrected chi connectivity index (χ2v) is 17.8. The molecule has 4 rings (SSSR count). The number of carbonyl (C=O) groups is 5. The van der Waals surface area contributed by atoms with E-state index in [1.54, 1.807) is 19.9 Å². The number of aliphatic hydroxyl groups excluding tert-OH is 1. The number of allylic oxidation sites excluding steroid dienone is 4. The molecule has 0 aromatic carbocycles. The molecular formula is C46H71NO13. The van der Waals surface area contributed by atoms with Crippen LogP contribution in [-0.4, -0.2) is 127 Å². The Hall–Kier alpha value is -3.27. The number of nitrogens with zero attached hydrogens (tertiary/aromatic N) is 1. The molecule has 1 aliphatic carbocycles. The van der Waals surface area contributed by atoms with E-state index < -0.39 is 83.7 Å². The quantitative estimate of drug-likeness (QED) is 0.175. The lowest BCUT2D eigenvalue weighted by Gasteiger charge is -2.47. The molecule has 0 aromatic rings. The molecule has 3 heterocycles. The van der Waals surface area contributed by atoms with Crippen LogP contribution in [0, 0.1) is 29.6 Å². The van der Waals surface area contributed by atoms with E-state index in [-0.39, 0.29) is 56.1 Å². The second-order valence-electron chi connectivity index (χ2n) is 17.8. The predicted octanol–water partition coefficient (Wildman–Crippen LogP) is 5.21. The fraction of sp³-hybridized carbons (Fsp3) is 0.761. The Morgan fingerprint density at radius 1 is 0.983 bits per heavy atom. The van der Waals surface area contributed by atoms with Gasteiger partial charge in [0.15, 0.2) is 0 Å². The summed E-state index contributed by atoms with van der Waals surface area (Å²) in [5.74, 6) is -8.10. The summed E-state index contributed by atoms with van der Waals surface area (Å²) in [6.07, 6.45) is 7.00. The number of fused-ring (bicyclic) bond motifs is 3. The van der Waals surface area contributed by atoms with E-state index in [1.165, 1.54) is 26.2 Å². The van der Waals surface area contributed by atoms with Crippen LogP contribution in [0.1, 0.15) is 112 Å². The summed E-state index contributed by atoms with van der Waals surface area (Å²) in [4.78, 5) is 69.6. The van der Waals surface area contributed by atoms with Gasteiger partial charge < -0.3 is 43.5 Å². The van der Waals surface area contributed by atoms with E-state index >= 15 is 0 Å². The van der Waals surface area contributed by atoms with Gasteiger partial charge in [0.2, 0.25) is 5.79 Å². The van der Waals surface area contributed by atoms with E-state index in [4.69, 9.17) is 28.4 Å². The summed E-state index contributed by atoms with van der Waals surface area (Å²) in [5, 5.41) is 23.8. The third-order valence-electron chi connectivity index (χ3n) is 13.2. The lowest BCUT2D eigenvalue weighted by Crippen LogP contribution is -2.64. The molecule has 0 unspecified atom stereocenters. The van der Waals surface area contributed by atoms with Crippen molar-refractivity contribution < 1.29 is 62.6 Å². The normalized spacial score (nSPS) is 38.1. The van der Waals surface area contributed by atoms with Gasteiger partial charge in [-0.25, -0.2) is 9.59 Å². The third-order valence-corrected chi connectivity index (χ3v) is 13.2. The van der Waals surface area contributed by atoms with E-state index in [1.807, 2.05) is 32.9 Å². The SMILES string of the molecule is C=CC[C@@H]1/C=C(\C)C[C@H](C)C[C@H](OC)[C@H]2O[C@@](O)(C(=O)C(=O)N3CCCC[C@H]3C(=O)O[C@H](/C(C)=C/[C@H]3CC[C@H](OCC(=O)OC)CC3)[C@H](C)[C@@H](O)CC1=O)[C@H](C)C[C@@H]2OC. The molecule has 2 bridgehead atoms. The first-order chi connectivity index (χ1) is 28.5. The second kappa shape index (κ2) is 22.7. The molecule has 4 aliphatic rings. The highest BCUT2D eigenvalue weighted by Gasteiger charge is 2.56. The van der Waals surface area contributed by atoms with Crippen molar-refractivity contribution in [2.45, 2.75) is 160 Å². The van der Waals surface area contributed by atoms with Crippen molar-refractivity contribution in [2.24, 2.45) is 29.6 Å². The van der Waals surface area contributed by atoms with Gasteiger partial charge in [0, 0.05) is 44.9 Å². The van der Waals surface area contributed by atoms with Gasteiger partial charge >= 0.3 is 11.9 Å². The molecule has 60 heavy (non-hydrogen) atoms. The van der Waals surface area contributed by atoms with Crippen molar-refractivity contribution in [3.63, 3.8) is 0 Å². The predicted molar refractivity (Wildman–Crippen MR) is 222 cm³/mol. The lowest BCUT2D eigenvalue weighted by atomic mass is 9.82. The number of piperidine rings is 1. The summed E-state index contributed by atoms with van der Waals surface area (Å²) in [6.45, 7) is 13.0. The number of hydrogen-bond acceptors (Lipinski definition) is 13. The third kappa shape index (κ3) is 12.4. The Labute approximate surface area is 356 Å². The van der Waals surface area contributed by atoms with Crippen LogP contribution in [-0.2, 0) is 52.4 Å². The minimum atomic E-state index is -2.51. The van der Waals surface area contributed by atoms with Gasteiger partial charge in [-0.3, -0.25) is 14.4 Å². The number of rotatable bonds is 9. The molecule has 0 radical (unpaired) electrons. The summed E-state index contributed by atoms with van der Waals surface area (Å²) in [5.41, 5.74) is 1.64. The first-order valence-corrected chi connectivity index (χ1v) is 21.8. The Bertz CT molecular complexity index is 1570. The highest BCUT2D eigenvalue weighted by molar-refractivity contribution is 6.39. The van der Waals surface area contributed by atoms with Gasteiger partial charge in [-0.05, 0) is 102 Å². The average Bonchev–Trinajstić information content (AvgIpc) is 3.23. The van der Waals surface area contributed by atoms with Gasteiger partial charge in [0.1, 0.15) is 30.6 Å². The zero-order valence-electron chi connectivity index (χ0n) is 37.1. The molecule has 2 saturated heterocycles. The Morgan fingerprint density at radius 2 is 1.65 bits per heavy atom. The molecule has 3 aliphatic heterocycles. The van der Waals surface area contributed by atoms with Crippen LogP contribution in [0.5, 0.6) is 0 Å². The molecule has 2 N–H and O–H groups in total. The first kappa shape index (κ1) is 49.4. The highest BCUT2D eigenvalue weighted by Crippen LogP contribution is 2.39. The Kier molecular flexibility index (Phi) is 18.7. The molecule has 14 nitrogen and oxygen atoms in total. The lowest BCUT2D eigenvalue weighted by molar-refractivity contribution is -0.302. The molecule has 1 amide bonds. The molecule has 1 saturated carbocycles. The Morgan fingerprint density at radius 3 is 2.28 bits per heavy atom. The number of amides is 1. The fourth-order valence-electron chi connectivity index (χ4n) is 9.54. The van der Waals surface area contributed by atoms with Crippen LogP contribution in [0.2, 0.25) is 0 Å². The first-order valence-electron chi connectivity index (χ1n) is 21.8. The van der Waals surface area contributed by atoms with Crippen molar-refractivity contribution in [3.8, 4) is 0 Å². The molecule has 338 valence electrons. The molecule has 3 fully saturated rings. The van der Waals surface area contributed by atoms with Crippen LogP contribution >= 0.6 is 0 Å². The monoisotopic (exact) mass is 845 g/mol. The van der Waals surface area contributed by atoms with Gasteiger partial charge in [-0.1, -0.05) is 44.6 Å². The number of ether oxygens (including phenoxy) is 6. The van der Waals surface area contributed by atoms with Crippen LogP contribution in [0.15, 0.2) is 36.0 Å². The number of hydrogen-bond donors (Lipinski definition) is 2. The maximum Gasteiger partial charge on any atom is 0.331 e. The minimum Gasteiger partial charge on any atom is -0.467 e. The molecular weight excluding hydrogens is 774 g/mol. The van der Waals surface area contributed by atoms with E-state index in [9.17, 15) is 34.2 Å². The number of methoxy groups -OCH3 is 3. The Balaban J connectivity index is 1.72. The van der Waals surface area contributed by atoms with Gasteiger partial charge in [-0.15, -0.1) is 6.58 Å². The minimum absolute atomic E-state index is 0.00603. The number of ketones is 2. The zero-order chi connectivity index (χ0) is 44.3. The van der Waals surface area contributed by atoms with Crippen molar-refractivity contribution in [1.29, 1.82) is 0 Å². The number of aliphatic hydroxyl groups is 2. The highest BCUT2D eigenvalue weighted by atomic mass is 16.7. The zero-order valence-corrected chi connectivity index (χ0v) is 37.1. The fourth-order valence-corrected chi connectivity index (χ4v) is 9.54. The molecule has 14 heteroatoms. The smallest absolute Gasteiger partial charge is 0.331 e.